The van der Waals surface area contributed by atoms with E-state index in [2.05, 4.69) is 62.9 Å². The van der Waals surface area contributed by atoms with Crippen LogP contribution in [0.15, 0.2) is 33.3 Å². The summed E-state index contributed by atoms with van der Waals surface area (Å²) in [6.07, 6.45) is 13.4. The standard InChI is InChI=1S/C43H65N3O6/c1-12-45-37(44-11)26(4)46-33(48)18-22-43-21-15-28-27(36(43)35(25(2)3)29(47)23-43)13-14-31-41(28,9)19-16-30-40(7,8)32(17-20-42(30,31)10)52-34(49)24-39(5,6)38(50)51/h12,18,22,25-28,30-32H,13-17,19-21,23-24H2,1-11H3,(H,46,48)(H,50,51)/b22-18+,44-37?,45-12?. The molecule has 9 unspecified atom stereocenters. The molecular formula is C43H65N3O6. The van der Waals surface area contributed by atoms with Crippen molar-refractivity contribution in [2.45, 2.75) is 146 Å². The second kappa shape index (κ2) is 14.3. The molecule has 0 radical (unpaired) electrons. The van der Waals surface area contributed by atoms with Crippen molar-refractivity contribution in [1.82, 2.24) is 5.32 Å². The fraction of sp³-hybridized carbons (Fsp3) is 0.767. The van der Waals surface area contributed by atoms with E-state index in [1.165, 1.54) is 5.57 Å². The highest BCUT2D eigenvalue weighted by atomic mass is 16.5. The van der Waals surface area contributed by atoms with Gasteiger partial charge in [0.15, 0.2) is 5.78 Å². The van der Waals surface area contributed by atoms with Crippen LogP contribution in [0.3, 0.4) is 0 Å². The number of ether oxygens (including phenoxy) is 1. The van der Waals surface area contributed by atoms with Crippen LogP contribution in [0.2, 0.25) is 0 Å². The maximum absolute atomic E-state index is 13.9. The van der Waals surface area contributed by atoms with Crippen LogP contribution in [0.5, 0.6) is 0 Å². The highest BCUT2D eigenvalue weighted by Crippen LogP contribution is 2.73. The molecule has 5 aliphatic carbocycles. The third kappa shape index (κ3) is 6.76. The number of carbonyl (C=O) groups excluding carboxylic acids is 3. The lowest BCUT2D eigenvalue weighted by molar-refractivity contribution is -0.213. The first-order valence-electron chi connectivity index (χ1n) is 19.8. The molecule has 0 aromatic heterocycles. The molecule has 52 heavy (non-hydrogen) atoms. The van der Waals surface area contributed by atoms with Gasteiger partial charge in [-0.3, -0.25) is 24.2 Å². The Morgan fingerprint density at radius 2 is 1.65 bits per heavy atom. The highest BCUT2D eigenvalue weighted by Gasteiger charge is 2.66. The third-order valence-corrected chi connectivity index (χ3v) is 14.8. The number of carboxylic acids is 1. The van der Waals surface area contributed by atoms with Gasteiger partial charge in [-0.2, -0.15) is 0 Å². The molecule has 0 spiro atoms. The van der Waals surface area contributed by atoms with E-state index in [4.69, 9.17) is 4.74 Å². The molecule has 288 valence electrons. The van der Waals surface area contributed by atoms with Gasteiger partial charge in [0, 0.05) is 30.5 Å². The second-order valence-corrected chi connectivity index (χ2v) is 19.0. The molecule has 0 aromatic rings. The number of carbonyl (C=O) groups is 4. The van der Waals surface area contributed by atoms with E-state index in [1.807, 2.05) is 13.8 Å². The SMILES string of the molecule is CC=NC(=NC)C(C)NC(=O)/C=C/C12CCC3C(CCC4C3(C)CCC3C(C)(C)C(OC(=O)CC(C)(C)C(=O)O)CCC34C)C1=C(C(C)C)C(=O)C2. The topological polar surface area (TPSA) is 134 Å². The number of hydrogen-bond donors (Lipinski definition) is 2. The van der Waals surface area contributed by atoms with Crippen molar-refractivity contribution in [2.24, 2.45) is 66.6 Å². The molecule has 0 bridgehead atoms. The molecule has 5 rings (SSSR count). The van der Waals surface area contributed by atoms with Gasteiger partial charge in [0.1, 0.15) is 11.9 Å². The Morgan fingerprint density at radius 1 is 0.981 bits per heavy atom. The van der Waals surface area contributed by atoms with Crippen LogP contribution in [-0.2, 0) is 23.9 Å². The molecule has 1 amide bonds. The summed E-state index contributed by atoms with van der Waals surface area (Å²) >= 11 is 0. The van der Waals surface area contributed by atoms with Gasteiger partial charge in [0.25, 0.3) is 0 Å². The number of aliphatic imine (C=N–C) groups is 2. The molecule has 9 heteroatoms. The van der Waals surface area contributed by atoms with Gasteiger partial charge >= 0.3 is 11.9 Å². The largest absolute Gasteiger partial charge is 0.481 e. The molecule has 0 aromatic carbocycles. The van der Waals surface area contributed by atoms with E-state index < -0.39 is 22.8 Å². The van der Waals surface area contributed by atoms with Gasteiger partial charge in [-0.25, -0.2) is 4.99 Å². The zero-order valence-electron chi connectivity index (χ0n) is 33.7. The Kier molecular flexibility index (Phi) is 11.0. The summed E-state index contributed by atoms with van der Waals surface area (Å²) in [6.45, 7) is 20.7. The first-order chi connectivity index (χ1) is 24.2. The van der Waals surface area contributed by atoms with Gasteiger partial charge in [0.05, 0.1) is 17.9 Å². The van der Waals surface area contributed by atoms with E-state index in [9.17, 15) is 24.3 Å². The Balaban J connectivity index is 1.40. The predicted molar refractivity (Wildman–Crippen MR) is 205 cm³/mol. The molecule has 2 N–H and O–H groups in total. The Bertz CT molecular complexity index is 1590. The van der Waals surface area contributed by atoms with Crippen LogP contribution >= 0.6 is 0 Å². The fourth-order valence-corrected chi connectivity index (χ4v) is 12.4. The number of amides is 1. The Hall–Kier alpha value is -3.10. The van der Waals surface area contributed by atoms with Crippen LogP contribution in [0.25, 0.3) is 0 Å². The number of carboxylic acid groups (broad SMARTS) is 1. The number of nitrogens with one attached hydrogen (secondary N) is 1. The predicted octanol–water partition coefficient (Wildman–Crippen LogP) is 8.17. The summed E-state index contributed by atoms with van der Waals surface area (Å²) in [5, 5.41) is 12.6. The number of fused-ring (bicyclic) bond motifs is 7. The van der Waals surface area contributed by atoms with Gasteiger partial charge in [0.2, 0.25) is 5.91 Å². The average Bonchev–Trinajstić information content (AvgIpc) is 3.36. The van der Waals surface area contributed by atoms with Crippen molar-refractivity contribution in [2.75, 3.05) is 7.05 Å². The third-order valence-electron chi connectivity index (χ3n) is 14.8. The number of amidine groups is 1. The average molecular weight is 720 g/mol. The molecule has 9 nitrogen and oxygen atoms in total. The van der Waals surface area contributed by atoms with Crippen LogP contribution in [-0.4, -0.2) is 60.0 Å². The summed E-state index contributed by atoms with van der Waals surface area (Å²) in [5.74, 6) is 0.971. The molecule has 4 saturated carbocycles. The lowest BCUT2D eigenvalue weighted by Crippen LogP contribution is -2.63. The molecule has 9 atom stereocenters. The van der Waals surface area contributed by atoms with E-state index in [1.54, 1.807) is 33.2 Å². The minimum Gasteiger partial charge on any atom is -0.481 e. The zero-order valence-corrected chi connectivity index (χ0v) is 33.7. The van der Waals surface area contributed by atoms with Gasteiger partial charge < -0.3 is 15.2 Å². The van der Waals surface area contributed by atoms with E-state index in [0.29, 0.717) is 35.9 Å². The van der Waals surface area contributed by atoms with Crippen molar-refractivity contribution in [3.05, 3.63) is 23.3 Å². The van der Waals surface area contributed by atoms with Crippen molar-refractivity contribution in [3.8, 4) is 0 Å². The van der Waals surface area contributed by atoms with E-state index >= 15 is 0 Å². The van der Waals surface area contributed by atoms with Crippen molar-refractivity contribution < 1.29 is 29.0 Å². The van der Waals surface area contributed by atoms with Gasteiger partial charge in [-0.05, 0) is 137 Å². The smallest absolute Gasteiger partial charge is 0.309 e. The van der Waals surface area contributed by atoms with Crippen LogP contribution in [0, 0.1) is 56.7 Å². The summed E-state index contributed by atoms with van der Waals surface area (Å²) in [6, 6.07) is -0.332. The first-order valence-corrected chi connectivity index (χ1v) is 19.8. The second-order valence-electron chi connectivity index (χ2n) is 19.0. The normalized spacial score (nSPS) is 36.7. The minimum atomic E-state index is -1.17. The maximum Gasteiger partial charge on any atom is 0.309 e. The monoisotopic (exact) mass is 719 g/mol. The number of aliphatic carboxylic acids is 1. The molecule has 0 heterocycles. The Morgan fingerprint density at radius 3 is 2.27 bits per heavy atom. The fourth-order valence-electron chi connectivity index (χ4n) is 12.4. The molecule has 4 fully saturated rings. The van der Waals surface area contributed by atoms with Crippen LogP contribution in [0.1, 0.15) is 133 Å². The first kappa shape index (κ1) is 40.1. The van der Waals surface area contributed by atoms with Crippen molar-refractivity contribution in [1.29, 1.82) is 0 Å². The maximum atomic E-state index is 13.9. The number of nitrogens with zero attached hydrogens (tertiary/aromatic N) is 2. The quantitative estimate of drug-likeness (QED) is 0.107. The lowest BCUT2D eigenvalue weighted by Gasteiger charge is -2.68. The number of esters is 1. The molecule has 0 aliphatic heterocycles. The number of Topliss-reactive ketones (excluding diaryl/α,β-unsaturated/α-hetero) is 1. The lowest BCUT2D eigenvalue weighted by atomic mass is 9.36. The number of hydrogen-bond acceptors (Lipinski definition) is 6. The van der Waals surface area contributed by atoms with Crippen molar-refractivity contribution >= 4 is 35.7 Å². The van der Waals surface area contributed by atoms with Gasteiger partial charge in [-0.1, -0.05) is 47.6 Å². The molecule has 5 aliphatic rings. The highest BCUT2D eigenvalue weighted by molar-refractivity contribution is 6.02. The summed E-state index contributed by atoms with van der Waals surface area (Å²) in [4.78, 5) is 60.4. The summed E-state index contributed by atoms with van der Waals surface area (Å²) in [5.41, 5.74) is 0.680. The van der Waals surface area contributed by atoms with E-state index in [0.717, 1.165) is 56.9 Å². The number of rotatable bonds is 9. The Labute approximate surface area is 312 Å². The number of ketones is 1. The number of allylic oxidation sites excluding steroid dienone is 3. The van der Waals surface area contributed by atoms with Gasteiger partial charge in [-0.15, -0.1) is 0 Å². The molecular weight excluding hydrogens is 654 g/mol. The molecule has 0 saturated heterocycles. The minimum absolute atomic E-state index is 0.0805. The summed E-state index contributed by atoms with van der Waals surface area (Å²) < 4.78 is 6.14. The van der Waals surface area contributed by atoms with Crippen LogP contribution in [0.4, 0.5) is 0 Å². The van der Waals surface area contributed by atoms with Crippen molar-refractivity contribution in [3.63, 3.8) is 0 Å². The van der Waals surface area contributed by atoms with E-state index in [-0.39, 0.29) is 52.4 Å². The van der Waals surface area contributed by atoms with Crippen LogP contribution < -0.4 is 5.32 Å². The summed E-state index contributed by atoms with van der Waals surface area (Å²) in [7, 11) is 1.67. The zero-order chi connectivity index (χ0) is 38.6.